The zero-order valence-corrected chi connectivity index (χ0v) is 16.5. The van der Waals surface area contributed by atoms with Crippen LogP contribution in [0.1, 0.15) is 44.0 Å². The third kappa shape index (κ3) is 6.49. The zero-order chi connectivity index (χ0) is 17.7. The highest BCUT2D eigenvalue weighted by atomic mass is 35.5. The van der Waals surface area contributed by atoms with Gasteiger partial charge in [-0.3, -0.25) is 9.59 Å². The Morgan fingerprint density at radius 3 is 2.72 bits per heavy atom. The van der Waals surface area contributed by atoms with Crippen LogP contribution in [0.4, 0.5) is 5.69 Å². The summed E-state index contributed by atoms with van der Waals surface area (Å²) in [6.45, 7) is 7.88. The summed E-state index contributed by atoms with van der Waals surface area (Å²) in [5.74, 6) is 0.390. The van der Waals surface area contributed by atoms with Crippen LogP contribution < -0.4 is 16.0 Å². The Labute approximate surface area is 160 Å². The fraction of sp³-hybridized carbons (Fsp3) is 0.556. The molecule has 1 aliphatic heterocycles. The van der Waals surface area contributed by atoms with Crippen molar-refractivity contribution < 1.29 is 9.59 Å². The highest BCUT2D eigenvalue weighted by Gasteiger charge is 2.24. The van der Waals surface area contributed by atoms with Crippen LogP contribution in [0.25, 0.3) is 0 Å². The summed E-state index contributed by atoms with van der Waals surface area (Å²) in [4.78, 5) is 24.5. The predicted molar refractivity (Wildman–Crippen MR) is 105 cm³/mol. The van der Waals surface area contributed by atoms with Crippen LogP contribution in [0.5, 0.6) is 0 Å². The third-order valence-electron chi connectivity index (χ3n) is 4.19. The number of anilines is 1. The Kier molecular flexibility index (Phi) is 8.69. The Bertz CT molecular complexity index is 608. The lowest BCUT2D eigenvalue weighted by Crippen LogP contribution is -2.48. The van der Waals surface area contributed by atoms with E-state index in [1.54, 1.807) is 18.2 Å². The van der Waals surface area contributed by atoms with Crippen LogP contribution in [0, 0.1) is 11.8 Å². The summed E-state index contributed by atoms with van der Waals surface area (Å²) < 4.78 is 0. The molecule has 2 atom stereocenters. The maximum atomic E-state index is 12.6. The molecule has 0 radical (unpaired) electrons. The van der Waals surface area contributed by atoms with Crippen LogP contribution in [0.3, 0.4) is 0 Å². The van der Waals surface area contributed by atoms with E-state index in [1.165, 1.54) is 0 Å². The van der Waals surface area contributed by atoms with Crippen molar-refractivity contribution in [2.45, 2.75) is 39.7 Å². The molecule has 2 rings (SSSR count). The van der Waals surface area contributed by atoms with Gasteiger partial charge >= 0.3 is 0 Å². The second kappa shape index (κ2) is 10.00. The fourth-order valence-electron chi connectivity index (χ4n) is 2.83. The number of amides is 2. The van der Waals surface area contributed by atoms with Crippen LogP contribution in [-0.2, 0) is 4.79 Å². The van der Waals surface area contributed by atoms with Gasteiger partial charge in [-0.2, -0.15) is 0 Å². The number of halogens is 2. The van der Waals surface area contributed by atoms with E-state index in [9.17, 15) is 9.59 Å². The maximum absolute atomic E-state index is 12.6. The van der Waals surface area contributed by atoms with E-state index in [0.29, 0.717) is 28.6 Å². The summed E-state index contributed by atoms with van der Waals surface area (Å²) in [6.07, 6.45) is 1.34. The monoisotopic (exact) mass is 387 g/mol. The van der Waals surface area contributed by atoms with E-state index in [-0.39, 0.29) is 36.2 Å². The largest absolute Gasteiger partial charge is 0.349 e. The van der Waals surface area contributed by atoms with Crippen molar-refractivity contribution in [3.8, 4) is 0 Å². The molecule has 1 heterocycles. The van der Waals surface area contributed by atoms with E-state index in [1.807, 2.05) is 13.8 Å². The number of hydrogen-bond acceptors (Lipinski definition) is 3. The van der Waals surface area contributed by atoms with Crippen molar-refractivity contribution in [2.24, 2.45) is 11.8 Å². The molecule has 5 nitrogen and oxygen atoms in total. The number of nitrogens with one attached hydrogen (secondary N) is 3. The van der Waals surface area contributed by atoms with Gasteiger partial charge in [0.15, 0.2) is 0 Å². The summed E-state index contributed by atoms with van der Waals surface area (Å²) in [5, 5.41) is 9.58. The average molecular weight is 388 g/mol. The second-order valence-electron chi connectivity index (χ2n) is 6.89. The van der Waals surface area contributed by atoms with Crippen molar-refractivity contribution in [1.82, 2.24) is 10.6 Å². The van der Waals surface area contributed by atoms with Crippen molar-refractivity contribution in [3.63, 3.8) is 0 Å². The minimum Gasteiger partial charge on any atom is -0.349 e. The van der Waals surface area contributed by atoms with E-state index in [4.69, 9.17) is 11.6 Å². The predicted octanol–water partition coefficient (Wildman–Crippen LogP) is 3.47. The number of benzene rings is 1. The molecule has 1 saturated heterocycles. The number of piperidine rings is 1. The van der Waals surface area contributed by atoms with Gasteiger partial charge in [-0.05, 0) is 49.5 Å². The molecule has 3 N–H and O–H groups in total. The number of carbonyl (C=O) groups excluding carboxylic acids is 2. The molecule has 25 heavy (non-hydrogen) atoms. The van der Waals surface area contributed by atoms with E-state index < -0.39 is 0 Å². The first-order valence-corrected chi connectivity index (χ1v) is 8.85. The lowest BCUT2D eigenvalue weighted by atomic mass is 9.95. The Morgan fingerprint density at radius 1 is 1.36 bits per heavy atom. The molecule has 0 aromatic heterocycles. The van der Waals surface area contributed by atoms with Gasteiger partial charge in [0.25, 0.3) is 5.91 Å². The normalized spacial score (nSPS) is 19.9. The third-order valence-corrected chi connectivity index (χ3v) is 4.52. The lowest BCUT2D eigenvalue weighted by molar-refractivity contribution is -0.116. The maximum Gasteiger partial charge on any atom is 0.253 e. The van der Waals surface area contributed by atoms with Gasteiger partial charge in [-0.15, -0.1) is 12.4 Å². The lowest BCUT2D eigenvalue weighted by Gasteiger charge is -2.30. The second-order valence-corrected chi connectivity index (χ2v) is 7.30. The van der Waals surface area contributed by atoms with Crippen molar-refractivity contribution in [3.05, 3.63) is 28.8 Å². The van der Waals surface area contributed by atoms with Gasteiger partial charge in [-0.1, -0.05) is 32.4 Å². The van der Waals surface area contributed by atoms with E-state index >= 15 is 0 Å². The van der Waals surface area contributed by atoms with Gasteiger partial charge in [-0.25, -0.2) is 0 Å². The SMILES string of the molecule is CC(C)CC(=O)Nc1ccc(Cl)c(C(=O)NC2CCNCC2C)c1.Cl. The van der Waals surface area contributed by atoms with Crippen LogP contribution >= 0.6 is 24.0 Å². The van der Waals surface area contributed by atoms with Crippen molar-refractivity contribution in [2.75, 3.05) is 18.4 Å². The Morgan fingerprint density at radius 2 is 2.08 bits per heavy atom. The van der Waals surface area contributed by atoms with Gasteiger partial charge in [0.1, 0.15) is 0 Å². The zero-order valence-electron chi connectivity index (χ0n) is 14.9. The molecule has 0 saturated carbocycles. The smallest absolute Gasteiger partial charge is 0.253 e. The number of carbonyl (C=O) groups is 2. The van der Waals surface area contributed by atoms with E-state index in [0.717, 1.165) is 19.5 Å². The molecule has 1 aliphatic rings. The van der Waals surface area contributed by atoms with Crippen LogP contribution in [0.2, 0.25) is 5.02 Å². The van der Waals surface area contributed by atoms with Gasteiger partial charge in [0.2, 0.25) is 5.91 Å². The van der Waals surface area contributed by atoms with Gasteiger partial charge in [0, 0.05) is 18.2 Å². The summed E-state index contributed by atoms with van der Waals surface area (Å²) in [5.41, 5.74) is 0.985. The van der Waals surface area contributed by atoms with Crippen LogP contribution in [0.15, 0.2) is 18.2 Å². The highest BCUT2D eigenvalue weighted by molar-refractivity contribution is 6.34. The molecule has 1 fully saturated rings. The molecule has 1 aromatic carbocycles. The molecular weight excluding hydrogens is 361 g/mol. The van der Waals surface area contributed by atoms with E-state index in [2.05, 4.69) is 22.9 Å². The average Bonchev–Trinajstić information content (AvgIpc) is 2.50. The summed E-state index contributed by atoms with van der Waals surface area (Å²) in [7, 11) is 0. The van der Waals surface area contributed by atoms with Gasteiger partial charge < -0.3 is 16.0 Å². The number of hydrogen-bond donors (Lipinski definition) is 3. The number of rotatable bonds is 5. The van der Waals surface area contributed by atoms with Crippen molar-refractivity contribution in [1.29, 1.82) is 0 Å². The first-order valence-electron chi connectivity index (χ1n) is 8.47. The summed E-state index contributed by atoms with van der Waals surface area (Å²) in [6, 6.07) is 5.13. The molecule has 7 heteroatoms. The minimum atomic E-state index is -0.196. The quantitative estimate of drug-likeness (QED) is 0.724. The molecule has 140 valence electrons. The Hall–Kier alpha value is -1.30. The molecule has 1 aromatic rings. The van der Waals surface area contributed by atoms with Gasteiger partial charge in [0.05, 0.1) is 10.6 Å². The molecule has 2 amide bonds. The fourth-order valence-corrected chi connectivity index (χ4v) is 3.04. The van der Waals surface area contributed by atoms with Crippen molar-refractivity contribution >= 4 is 41.5 Å². The summed E-state index contributed by atoms with van der Waals surface area (Å²) >= 11 is 6.18. The standard InChI is InChI=1S/C18H26ClN3O2.ClH/c1-11(2)8-17(23)21-13-4-5-15(19)14(9-13)18(24)22-16-6-7-20-10-12(16)3;/h4-5,9,11-12,16,20H,6-8,10H2,1-3H3,(H,21,23)(H,22,24);1H. The minimum absolute atomic E-state index is 0. The molecule has 0 aliphatic carbocycles. The molecule has 2 unspecified atom stereocenters. The molecule has 0 bridgehead atoms. The molecular formula is C18H27Cl2N3O2. The van der Waals surface area contributed by atoms with Crippen LogP contribution in [-0.4, -0.2) is 30.9 Å². The first kappa shape index (κ1) is 21.7. The topological polar surface area (TPSA) is 70.2 Å². The highest BCUT2D eigenvalue weighted by Crippen LogP contribution is 2.22. The Balaban J connectivity index is 0.00000312. The molecule has 0 spiro atoms. The first-order chi connectivity index (χ1) is 11.4.